The number of rotatable bonds is 4. The smallest absolute Gasteiger partial charge is 0.270 e. The molecule has 0 aromatic heterocycles. The summed E-state index contributed by atoms with van der Waals surface area (Å²) in [5.74, 6) is 0. The van der Waals surface area contributed by atoms with E-state index in [0.29, 0.717) is 10.0 Å². The molecule has 5 nitrogen and oxygen atoms in total. The van der Waals surface area contributed by atoms with Gasteiger partial charge in [-0.05, 0) is 59.7 Å². The molecule has 184 valence electrons. The molecule has 1 aliphatic carbocycles. The van der Waals surface area contributed by atoms with Crippen molar-refractivity contribution in [2.45, 2.75) is 25.3 Å². The van der Waals surface area contributed by atoms with E-state index in [2.05, 4.69) is 17.0 Å². The van der Waals surface area contributed by atoms with Crippen LogP contribution in [0.3, 0.4) is 0 Å². The molecular weight excluding hydrogens is 525 g/mol. The van der Waals surface area contributed by atoms with Crippen LogP contribution in [0.15, 0.2) is 100 Å². The molecule has 2 aliphatic heterocycles. The SMILES string of the molecule is O=[N+]([O-])c1cccc(C2=CSC3=NC4=C(CCC/C4=C\c4ccccc4Cl)[C@H](c4ccccc4Cl)N23)c1. The fraction of sp³-hybridized carbons (Fsp3) is 0.138. The highest BCUT2D eigenvalue weighted by Crippen LogP contribution is 2.52. The van der Waals surface area contributed by atoms with Crippen molar-refractivity contribution in [2.24, 2.45) is 4.99 Å². The number of nitro benzene ring substituents is 1. The normalized spacial score (nSPS) is 19.9. The molecule has 3 aromatic rings. The van der Waals surface area contributed by atoms with Crippen LogP contribution in [0, 0.1) is 10.1 Å². The van der Waals surface area contributed by atoms with Crippen molar-refractivity contribution in [3.8, 4) is 0 Å². The molecule has 0 saturated carbocycles. The number of aliphatic imine (C=N–C) groups is 1. The van der Waals surface area contributed by atoms with Crippen LogP contribution >= 0.6 is 35.0 Å². The molecule has 0 bridgehead atoms. The summed E-state index contributed by atoms with van der Waals surface area (Å²) in [7, 11) is 0. The average Bonchev–Trinajstić information content (AvgIpc) is 3.33. The van der Waals surface area contributed by atoms with Crippen LogP contribution < -0.4 is 0 Å². The summed E-state index contributed by atoms with van der Waals surface area (Å²) in [6, 6.07) is 22.3. The second kappa shape index (κ2) is 9.86. The molecule has 8 heteroatoms. The molecule has 2 heterocycles. The molecule has 0 spiro atoms. The first-order valence-electron chi connectivity index (χ1n) is 11.9. The number of non-ortho nitro benzene ring substituents is 1. The Morgan fingerprint density at radius 1 is 1.00 bits per heavy atom. The zero-order chi connectivity index (χ0) is 25.5. The Hall–Kier alpha value is -3.32. The summed E-state index contributed by atoms with van der Waals surface area (Å²) >= 11 is 14.8. The molecule has 0 amide bonds. The van der Waals surface area contributed by atoms with Gasteiger partial charge in [-0.1, -0.05) is 83.5 Å². The first-order chi connectivity index (χ1) is 18.0. The van der Waals surface area contributed by atoms with Crippen LogP contribution in [0.1, 0.15) is 42.0 Å². The number of nitrogens with zero attached hydrogens (tertiary/aromatic N) is 3. The van der Waals surface area contributed by atoms with Crippen molar-refractivity contribution in [1.29, 1.82) is 0 Å². The largest absolute Gasteiger partial charge is 0.308 e. The molecule has 37 heavy (non-hydrogen) atoms. The van der Waals surface area contributed by atoms with Gasteiger partial charge in [0.25, 0.3) is 5.69 Å². The lowest BCUT2D eigenvalue weighted by Gasteiger charge is -2.40. The lowest BCUT2D eigenvalue weighted by molar-refractivity contribution is -0.384. The third-order valence-corrected chi connectivity index (χ3v) is 8.35. The van der Waals surface area contributed by atoms with E-state index in [-0.39, 0.29) is 16.7 Å². The fourth-order valence-corrected chi connectivity index (χ4v) is 6.52. The Balaban J connectivity index is 1.51. The Bertz CT molecular complexity index is 1560. The Kier molecular flexibility index (Phi) is 6.41. The first kappa shape index (κ1) is 24.0. The highest BCUT2D eigenvalue weighted by molar-refractivity contribution is 8.16. The van der Waals surface area contributed by atoms with Gasteiger partial charge in [0.15, 0.2) is 5.17 Å². The summed E-state index contributed by atoms with van der Waals surface area (Å²) in [4.78, 5) is 18.5. The molecule has 3 aliphatic rings. The number of benzene rings is 3. The number of hydrogen-bond donors (Lipinski definition) is 0. The van der Waals surface area contributed by atoms with Crippen LogP contribution in [-0.4, -0.2) is 15.0 Å². The van der Waals surface area contributed by atoms with Crippen molar-refractivity contribution in [2.75, 3.05) is 0 Å². The van der Waals surface area contributed by atoms with E-state index in [4.69, 9.17) is 28.2 Å². The van der Waals surface area contributed by atoms with Crippen LogP contribution in [0.2, 0.25) is 10.0 Å². The first-order valence-corrected chi connectivity index (χ1v) is 13.6. The number of allylic oxidation sites excluding steroid dienone is 1. The van der Waals surface area contributed by atoms with E-state index in [1.165, 1.54) is 23.4 Å². The van der Waals surface area contributed by atoms with Crippen LogP contribution in [0.25, 0.3) is 11.8 Å². The highest BCUT2D eigenvalue weighted by Gasteiger charge is 2.41. The lowest BCUT2D eigenvalue weighted by atomic mass is 9.82. The van der Waals surface area contributed by atoms with Gasteiger partial charge >= 0.3 is 0 Å². The third-order valence-electron chi connectivity index (χ3n) is 6.83. The molecule has 0 N–H and O–H groups in total. The van der Waals surface area contributed by atoms with Crippen LogP contribution in [0.4, 0.5) is 5.69 Å². The summed E-state index contributed by atoms with van der Waals surface area (Å²) in [5, 5.41) is 15.7. The molecular formula is C29H21Cl2N3O2S. The van der Waals surface area contributed by atoms with E-state index in [1.807, 2.05) is 53.9 Å². The van der Waals surface area contributed by atoms with E-state index < -0.39 is 0 Å². The van der Waals surface area contributed by atoms with Crippen molar-refractivity contribution in [3.05, 3.63) is 132 Å². The van der Waals surface area contributed by atoms with E-state index in [0.717, 1.165) is 58.1 Å². The zero-order valence-corrected chi connectivity index (χ0v) is 21.9. The maximum absolute atomic E-state index is 11.5. The number of halogens is 2. The maximum atomic E-state index is 11.5. The van der Waals surface area contributed by atoms with Gasteiger partial charge in [-0.2, -0.15) is 0 Å². The molecule has 1 atom stereocenters. The minimum absolute atomic E-state index is 0.0580. The summed E-state index contributed by atoms with van der Waals surface area (Å²) in [6.07, 6.45) is 4.92. The monoisotopic (exact) mass is 545 g/mol. The second-order valence-electron chi connectivity index (χ2n) is 9.04. The van der Waals surface area contributed by atoms with Gasteiger partial charge < -0.3 is 4.90 Å². The minimum Gasteiger partial charge on any atom is -0.308 e. The van der Waals surface area contributed by atoms with Gasteiger partial charge in [0.05, 0.1) is 22.4 Å². The predicted octanol–water partition coefficient (Wildman–Crippen LogP) is 8.88. The van der Waals surface area contributed by atoms with Gasteiger partial charge in [-0.3, -0.25) is 10.1 Å². The lowest BCUT2D eigenvalue weighted by Crippen LogP contribution is -2.35. The minimum atomic E-state index is -0.365. The fourth-order valence-electron chi connectivity index (χ4n) is 5.16. The molecule has 3 aromatic carbocycles. The Morgan fingerprint density at radius 2 is 1.78 bits per heavy atom. The van der Waals surface area contributed by atoms with Crippen LogP contribution in [0.5, 0.6) is 0 Å². The van der Waals surface area contributed by atoms with E-state index in [9.17, 15) is 10.1 Å². The highest BCUT2D eigenvalue weighted by atomic mass is 35.5. The third kappa shape index (κ3) is 4.39. The van der Waals surface area contributed by atoms with Crippen LogP contribution in [-0.2, 0) is 0 Å². The van der Waals surface area contributed by atoms with Gasteiger partial charge in [-0.25, -0.2) is 4.99 Å². The topological polar surface area (TPSA) is 58.7 Å². The number of fused-ring (bicyclic) bond motifs is 1. The average molecular weight is 546 g/mol. The van der Waals surface area contributed by atoms with Gasteiger partial charge in [0.1, 0.15) is 0 Å². The van der Waals surface area contributed by atoms with Gasteiger partial charge in [-0.15, -0.1) is 0 Å². The quantitative estimate of drug-likeness (QED) is 0.242. The summed E-state index contributed by atoms with van der Waals surface area (Å²) in [5.41, 5.74) is 7.01. The van der Waals surface area contributed by atoms with Crippen molar-refractivity contribution in [3.63, 3.8) is 0 Å². The second-order valence-corrected chi connectivity index (χ2v) is 10.7. The number of thioether (sulfide) groups is 1. The summed E-state index contributed by atoms with van der Waals surface area (Å²) in [6.45, 7) is 0. The summed E-state index contributed by atoms with van der Waals surface area (Å²) < 4.78 is 0. The number of amidine groups is 1. The predicted molar refractivity (Wildman–Crippen MR) is 152 cm³/mol. The molecule has 0 unspecified atom stereocenters. The van der Waals surface area contributed by atoms with Crippen molar-refractivity contribution in [1.82, 2.24) is 4.90 Å². The Morgan fingerprint density at radius 3 is 2.57 bits per heavy atom. The Labute approximate surface area is 229 Å². The van der Waals surface area contributed by atoms with E-state index >= 15 is 0 Å². The van der Waals surface area contributed by atoms with Crippen molar-refractivity contribution >= 4 is 57.6 Å². The van der Waals surface area contributed by atoms with Crippen molar-refractivity contribution < 1.29 is 4.92 Å². The number of nitro groups is 1. The van der Waals surface area contributed by atoms with E-state index in [1.54, 1.807) is 12.1 Å². The zero-order valence-electron chi connectivity index (χ0n) is 19.6. The molecule has 0 radical (unpaired) electrons. The van der Waals surface area contributed by atoms with Gasteiger partial charge in [0, 0.05) is 33.1 Å². The van der Waals surface area contributed by atoms with Gasteiger partial charge in [0.2, 0.25) is 0 Å². The maximum Gasteiger partial charge on any atom is 0.270 e. The standard InChI is InChI=1S/C29H21Cl2N3O2S/c30-24-13-3-1-7-18(24)15-20-9-6-12-23-27(20)32-29-33(28(23)22-11-2-4-14-25(22)31)26(17-37-29)19-8-5-10-21(16-19)34(35)36/h1-5,7-8,10-11,13-17,28H,6,9,12H2/b20-15+/t28-/m0/s1. The number of hydrogen-bond acceptors (Lipinski definition) is 5. The molecule has 6 rings (SSSR count). The molecule has 0 fully saturated rings. The molecule has 0 saturated heterocycles.